The van der Waals surface area contributed by atoms with E-state index in [1.165, 1.54) is 25.7 Å². The molecular formula is C13H23Cl2N3. The highest BCUT2D eigenvalue weighted by atomic mass is 35.5. The predicted octanol–water partition coefficient (Wildman–Crippen LogP) is 0.347. The highest BCUT2D eigenvalue weighted by Gasteiger charge is 2.14. The van der Waals surface area contributed by atoms with Crippen LogP contribution in [0.4, 0.5) is 5.95 Å². The molecule has 0 fully saturated rings. The number of nitrogens with zero attached hydrogens (tertiary/aromatic N) is 2. The van der Waals surface area contributed by atoms with E-state index in [4.69, 9.17) is 11.6 Å². The van der Waals surface area contributed by atoms with Crippen molar-refractivity contribution in [1.82, 2.24) is 4.98 Å². The summed E-state index contributed by atoms with van der Waals surface area (Å²) in [5.41, 5.74) is 0.946. The number of anilines is 1. The van der Waals surface area contributed by atoms with Crippen LogP contribution in [-0.4, -0.2) is 12.0 Å². The summed E-state index contributed by atoms with van der Waals surface area (Å²) in [6.07, 6.45) is 6.33. The molecule has 1 heterocycles. The van der Waals surface area contributed by atoms with Crippen LogP contribution in [-0.2, 0) is 6.54 Å². The number of nitrogens with one attached hydrogen (secondary N) is 1. The van der Waals surface area contributed by atoms with E-state index < -0.39 is 0 Å². The zero-order valence-corrected chi connectivity index (χ0v) is 13.0. The lowest BCUT2D eigenvalue weighted by Gasteiger charge is -2.07. The number of aryl methyl sites for hydroxylation is 1. The van der Waals surface area contributed by atoms with Crippen LogP contribution in [0.3, 0.4) is 0 Å². The molecule has 1 N–H and O–H groups in total. The summed E-state index contributed by atoms with van der Waals surface area (Å²) >= 11 is 6.24. The van der Waals surface area contributed by atoms with Crippen molar-refractivity contribution >= 4 is 17.5 Å². The minimum absolute atomic E-state index is 0. The molecule has 0 amide bonds. The number of aromatic nitrogens is 2. The second-order valence-corrected chi connectivity index (χ2v) is 4.75. The Bertz CT molecular complexity index is 356. The molecule has 1 aromatic heterocycles. The van der Waals surface area contributed by atoms with E-state index in [-0.39, 0.29) is 12.4 Å². The fraction of sp³-hybridized carbons (Fsp3) is 0.692. The van der Waals surface area contributed by atoms with Crippen molar-refractivity contribution in [3.63, 3.8) is 0 Å². The Morgan fingerprint density at radius 2 is 1.94 bits per heavy atom. The normalized spacial score (nSPS) is 10.0. The molecule has 1 rings (SSSR count). The van der Waals surface area contributed by atoms with Crippen molar-refractivity contribution in [3.05, 3.63) is 16.9 Å². The number of hydrogen-bond donors (Lipinski definition) is 1. The number of hydrogen-bond acceptors (Lipinski definition) is 2. The Kier molecular flexibility index (Phi) is 9.12. The van der Waals surface area contributed by atoms with Gasteiger partial charge in [0.2, 0.25) is 0 Å². The zero-order chi connectivity index (χ0) is 12.7. The molecule has 104 valence electrons. The summed E-state index contributed by atoms with van der Waals surface area (Å²) in [5, 5.41) is 3.86. The van der Waals surface area contributed by atoms with Crippen LogP contribution in [0.25, 0.3) is 0 Å². The third kappa shape index (κ3) is 5.40. The van der Waals surface area contributed by atoms with Gasteiger partial charge in [0.05, 0.1) is 13.6 Å². The Morgan fingerprint density at radius 1 is 1.28 bits per heavy atom. The maximum absolute atomic E-state index is 6.24. The van der Waals surface area contributed by atoms with Gasteiger partial charge in [0.1, 0.15) is 5.69 Å². The maximum atomic E-state index is 6.24. The van der Waals surface area contributed by atoms with Crippen LogP contribution < -0.4 is 22.3 Å². The first-order valence-electron chi connectivity index (χ1n) is 6.43. The maximum Gasteiger partial charge on any atom is 0.392 e. The van der Waals surface area contributed by atoms with Gasteiger partial charge in [-0.2, -0.15) is 0 Å². The Morgan fingerprint density at radius 3 is 2.56 bits per heavy atom. The van der Waals surface area contributed by atoms with Crippen molar-refractivity contribution in [2.75, 3.05) is 12.4 Å². The second kappa shape index (κ2) is 9.40. The molecule has 0 aliphatic carbocycles. The standard InChI is InChI=1S/C13H22ClN3.ClH/c1-4-5-6-7-8-9-17-12(14)10-11(2)16-13(17)15-3;/h10H,4-9H2,1-3H3;1H. The lowest BCUT2D eigenvalue weighted by molar-refractivity contribution is -0.683. The molecule has 3 nitrogen and oxygen atoms in total. The van der Waals surface area contributed by atoms with Gasteiger partial charge in [-0.05, 0) is 24.9 Å². The molecule has 5 heteroatoms. The Balaban J connectivity index is 0.00000289. The third-order valence-corrected chi connectivity index (χ3v) is 3.15. The van der Waals surface area contributed by atoms with Crippen LogP contribution in [0.15, 0.2) is 6.07 Å². The molecule has 0 radical (unpaired) electrons. The summed E-state index contributed by atoms with van der Waals surface area (Å²) in [6.45, 7) is 5.12. The van der Waals surface area contributed by atoms with E-state index in [2.05, 4.69) is 17.2 Å². The first-order valence-corrected chi connectivity index (χ1v) is 6.81. The molecule has 0 atom stereocenters. The van der Waals surface area contributed by atoms with Crippen LogP contribution >= 0.6 is 11.6 Å². The van der Waals surface area contributed by atoms with E-state index in [0.717, 1.165) is 29.8 Å². The van der Waals surface area contributed by atoms with E-state index in [9.17, 15) is 0 Å². The third-order valence-electron chi connectivity index (χ3n) is 2.83. The number of halogens is 2. The van der Waals surface area contributed by atoms with Crippen LogP contribution in [0.1, 0.15) is 44.7 Å². The minimum atomic E-state index is 0. The van der Waals surface area contributed by atoms with Gasteiger partial charge in [-0.25, -0.2) is 4.57 Å². The van der Waals surface area contributed by atoms with Crippen molar-refractivity contribution in [3.8, 4) is 0 Å². The number of unbranched alkanes of at least 4 members (excludes halogenated alkanes) is 4. The summed E-state index contributed by atoms with van der Waals surface area (Å²) in [7, 11) is 1.88. The summed E-state index contributed by atoms with van der Waals surface area (Å²) in [5.74, 6) is 0.852. The lowest BCUT2D eigenvalue weighted by atomic mass is 10.1. The molecule has 1 aromatic rings. The lowest BCUT2D eigenvalue weighted by Crippen LogP contribution is -3.00. The summed E-state index contributed by atoms with van der Waals surface area (Å²) in [6, 6.07) is 1.91. The van der Waals surface area contributed by atoms with Gasteiger partial charge >= 0.3 is 5.95 Å². The molecular weight excluding hydrogens is 269 g/mol. The average Bonchev–Trinajstić information content (AvgIpc) is 2.30. The predicted molar refractivity (Wildman–Crippen MR) is 72.5 cm³/mol. The van der Waals surface area contributed by atoms with Gasteiger partial charge in [0.15, 0.2) is 5.15 Å². The highest BCUT2D eigenvalue weighted by Crippen LogP contribution is 2.09. The molecule has 0 aliphatic rings. The first kappa shape index (κ1) is 17.5. The van der Waals surface area contributed by atoms with E-state index in [0.29, 0.717) is 0 Å². The van der Waals surface area contributed by atoms with E-state index >= 15 is 0 Å². The van der Waals surface area contributed by atoms with Crippen molar-refractivity contribution in [1.29, 1.82) is 0 Å². The molecule has 0 bridgehead atoms. The first-order chi connectivity index (χ1) is 8.19. The van der Waals surface area contributed by atoms with Gasteiger partial charge in [-0.1, -0.05) is 37.6 Å². The minimum Gasteiger partial charge on any atom is -1.00 e. The summed E-state index contributed by atoms with van der Waals surface area (Å²) < 4.78 is 2.04. The molecule has 0 saturated carbocycles. The SMILES string of the molecule is CCCCCCC[n+]1c(Cl)cc(C)nc1NC.[Cl-]. The van der Waals surface area contributed by atoms with Crippen LogP contribution in [0.5, 0.6) is 0 Å². The topological polar surface area (TPSA) is 28.8 Å². The highest BCUT2D eigenvalue weighted by molar-refractivity contribution is 6.28. The quantitative estimate of drug-likeness (QED) is 0.446. The van der Waals surface area contributed by atoms with Crippen LogP contribution in [0.2, 0.25) is 5.15 Å². The monoisotopic (exact) mass is 291 g/mol. The molecule has 0 unspecified atom stereocenters. The second-order valence-electron chi connectivity index (χ2n) is 4.36. The molecule has 0 saturated heterocycles. The smallest absolute Gasteiger partial charge is 0.392 e. The van der Waals surface area contributed by atoms with Crippen molar-refractivity contribution < 1.29 is 17.0 Å². The van der Waals surface area contributed by atoms with Gasteiger partial charge < -0.3 is 12.4 Å². The largest absolute Gasteiger partial charge is 1.00 e. The van der Waals surface area contributed by atoms with Gasteiger partial charge in [-0.15, -0.1) is 0 Å². The van der Waals surface area contributed by atoms with E-state index in [1.807, 2.05) is 24.6 Å². The van der Waals surface area contributed by atoms with Gasteiger partial charge in [0, 0.05) is 6.07 Å². The summed E-state index contributed by atoms with van der Waals surface area (Å²) in [4.78, 5) is 4.43. The zero-order valence-electron chi connectivity index (χ0n) is 11.5. The van der Waals surface area contributed by atoms with Crippen molar-refractivity contribution in [2.45, 2.75) is 52.5 Å². The molecule has 18 heavy (non-hydrogen) atoms. The fourth-order valence-corrected chi connectivity index (χ4v) is 2.21. The van der Waals surface area contributed by atoms with Gasteiger partial charge in [-0.3, -0.25) is 5.32 Å². The molecule has 0 aromatic carbocycles. The van der Waals surface area contributed by atoms with Crippen molar-refractivity contribution in [2.24, 2.45) is 0 Å². The fourth-order valence-electron chi connectivity index (χ4n) is 1.89. The number of rotatable bonds is 7. The Labute approximate surface area is 121 Å². The molecule has 0 aliphatic heterocycles. The van der Waals surface area contributed by atoms with E-state index in [1.54, 1.807) is 0 Å². The average molecular weight is 292 g/mol. The van der Waals surface area contributed by atoms with Gasteiger partial charge in [0.25, 0.3) is 0 Å². The molecule has 0 spiro atoms. The Hall–Kier alpha value is -0.540. The van der Waals surface area contributed by atoms with Crippen LogP contribution in [0, 0.1) is 6.92 Å².